The van der Waals surface area contributed by atoms with E-state index in [0.29, 0.717) is 0 Å². The van der Waals surface area contributed by atoms with Gasteiger partial charge in [0, 0.05) is 17.0 Å². The maximum Gasteiger partial charge on any atom is 0.133 e. The van der Waals surface area contributed by atoms with E-state index in [1.165, 1.54) is 10.5 Å². The van der Waals surface area contributed by atoms with E-state index in [-0.39, 0.29) is 0 Å². The zero-order valence-corrected chi connectivity index (χ0v) is 13.3. The molecule has 1 aromatic carbocycles. The van der Waals surface area contributed by atoms with Crippen molar-refractivity contribution in [1.82, 2.24) is 9.97 Å². The summed E-state index contributed by atoms with van der Waals surface area (Å²) < 4.78 is 0. The van der Waals surface area contributed by atoms with Gasteiger partial charge in [0.15, 0.2) is 0 Å². The van der Waals surface area contributed by atoms with Crippen LogP contribution in [0.3, 0.4) is 0 Å². The zero-order chi connectivity index (χ0) is 14.5. The van der Waals surface area contributed by atoms with Gasteiger partial charge in [0.05, 0.1) is 0 Å². The molecule has 0 amide bonds. The van der Waals surface area contributed by atoms with Crippen molar-refractivity contribution in [3.05, 3.63) is 41.2 Å². The molecule has 0 aliphatic carbocycles. The smallest absolute Gasteiger partial charge is 0.133 e. The molecule has 0 bridgehead atoms. The Bertz CT molecular complexity index is 596. The van der Waals surface area contributed by atoms with Crippen LogP contribution in [0.25, 0.3) is 0 Å². The predicted octanol–water partition coefficient (Wildman–Crippen LogP) is 4.37. The van der Waals surface area contributed by atoms with E-state index in [0.717, 1.165) is 35.2 Å². The molecule has 0 aliphatic rings. The van der Waals surface area contributed by atoms with Crippen molar-refractivity contribution < 1.29 is 0 Å². The number of nitrogens with zero attached hydrogens (tertiary/aromatic N) is 2. The standard InChI is InChI=1S/C16H21N3S/c1-5-9-17-15-12(3)16(19-13(4)18-15)20-14-8-6-7-11(2)10-14/h6-8,10H,5,9H2,1-4H3,(H,17,18,19). The summed E-state index contributed by atoms with van der Waals surface area (Å²) in [6, 6.07) is 8.49. The third-order valence-corrected chi connectivity index (χ3v) is 4.04. The number of hydrogen-bond acceptors (Lipinski definition) is 4. The van der Waals surface area contributed by atoms with Crippen molar-refractivity contribution in [3.8, 4) is 0 Å². The Hall–Kier alpha value is -1.55. The van der Waals surface area contributed by atoms with Crippen LogP contribution in [0, 0.1) is 20.8 Å². The molecule has 0 saturated carbocycles. The molecule has 2 rings (SSSR count). The van der Waals surface area contributed by atoms with Crippen LogP contribution in [0.5, 0.6) is 0 Å². The van der Waals surface area contributed by atoms with E-state index in [9.17, 15) is 0 Å². The van der Waals surface area contributed by atoms with E-state index < -0.39 is 0 Å². The molecular formula is C16H21N3S. The minimum atomic E-state index is 0.810. The highest BCUT2D eigenvalue weighted by atomic mass is 32.2. The van der Waals surface area contributed by atoms with Crippen LogP contribution in [-0.2, 0) is 0 Å². The molecule has 3 nitrogen and oxygen atoms in total. The van der Waals surface area contributed by atoms with E-state index >= 15 is 0 Å². The lowest BCUT2D eigenvalue weighted by molar-refractivity contribution is 0.908. The Morgan fingerprint density at radius 1 is 1.15 bits per heavy atom. The number of aryl methyl sites for hydroxylation is 2. The molecule has 0 spiro atoms. The molecule has 0 radical (unpaired) electrons. The van der Waals surface area contributed by atoms with E-state index in [2.05, 4.69) is 60.3 Å². The minimum absolute atomic E-state index is 0.810. The van der Waals surface area contributed by atoms with Gasteiger partial charge in [-0.15, -0.1) is 0 Å². The second-order valence-corrected chi connectivity index (χ2v) is 5.96. The average molecular weight is 287 g/mol. The largest absolute Gasteiger partial charge is 0.370 e. The number of aromatic nitrogens is 2. The number of anilines is 1. The van der Waals surface area contributed by atoms with Gasteiger partial charge in [0.25, 0.3) is 0 Å². The number of nitrogens with one attached hydrogen (secondary N) is 1. The molecular weight excluding hydrogens is 266 g/mol. The molecule has 4 heteroatoms. The summed E-state index contributed by atoms with van der Waals surface area (Å²) >= 11 is 1.70. The van der Waals surface area contributed by atoms with Gasteiger partial charge < -0.3 is 5.32 Å². The molecule has 106 valence electrons. The van der Waals surface area contributed by atoms with Crippen molar-refractivity contribution in [1.29, 1.82) is 0 Å². The Morgan fingerprint density at radius 3 is 2.65 bits per heavy atom. The second kappa shape index (κ2) is 6.75. The molecule has 0 aliphatic heterocycles. The Balaban J connectivity index is 2.29. The highest BCUT2D eigenvalue weighted by molar-refractivity contribution is 7.99. The second-order valence-electron chi connectivity index (χ2n) is 4.89. The van der Waals surface area contributed by atoms with Crippen LogP contribution in [0.2, 0.25) is 0 Å². The summed E-state index contributed by atoms with van der Waals surface area (Å²) in [5.41, 5.74) is 2.39. The number of benzene rings is 1. The van der Waals surface area contributed by atoms with Gasteiger partial charge in [-0.05, 0) is 39.3 Å². The fourth-order valence-corrected chi connectivity index (χ4v) is 2.95. The summed E-state index contributed by atoms with van der Waals surface area (Å²) in [5, 5.41) is 4.41. The third-order valence-electron chi connectivity index (χ3n) is 2.96. The third kappa shape index (κ3) is 3.73. The highest BCUT2D eigenvalue weighted by Crippen LogP contribution is 2.31. The molecule has 0 atom stereocenters. The first-order valence-corrected chi connectivity index (χ1v) is 7.75. The summed E-state index contributed by atoms with van der Waals surface area (Å²) in [6.07, 6.45) is 1.09. The lowest BCUT2D eigenvalue weighted by atomic mass is 10.2. The lowest BCUT2D eigenvalue weighted by Crippen LogP contribution is -2.07. The zero-order valence-electron chi connectivity index (χ0n) is 12.5. The molecule has 0 fully saturated rings. The van der Waals surface area contributed by atoms with Gasteiger partial charge in [-0.1, -0.05) is 36.4 Å². The summed E-state index contributed by atoms with van der Waals surface area (Å²) in [5.74, 6) is 1.76. The first-order chi connectivity index (χ1) is 9.60. The van der Waals surface area contributed by atoms with Crippen LogP contribution < -0.4 is 5.32 Å². The number of hydrogen-bond donors (Lipinski definition) is 1. The highest BCUT2D eigenvalue weighted by Gasteiger charge is 2.10. The lowest BCUT2D eigenvalue weighted by Gasteiger charge is -2.12. The fourth-order valence-electron chi connectivity index (χ4n) is 1.91. The van der Waals surface area contributed by atoms with Gasteiger partial charge in [-0.3, -0.25) is 0 Å². The van der Waals surface area contributed by atoms with Gasteiger partial charge in [0.2, 0.25) is 0 Å². The van der Waals surface area contributed by atoms with E-state index in [4.69, 9.17) is 0 Å². The van der Waals surface area contributed by atoms with Crippen molar-refractivity contribution in [2.24, 2.45) is 0 Å². The first kappa shape index (κ1) is 14.9. The molecule has 1 N–H and O–H groups in total. The van der Waals surface area contributed by atoms with Gasteiger partial charge >= 0.3 is 0 Å². The average Bonchev–Trinajstić information content (AvgIpc) is 2.41. The number of rotatable bonds is 5. The molecule has 2 aromatic rings. The SMILES string of the molecule is CCCNc1nc(C)nc(Sc2cccc(C)c2)c1C. The maximum atomic E-state index is 4.58. The summed E-state index contributed by atoms with van der Waals surface area (Å²) in [7, 11) is 0. The first-order valence-electron chi connectivity index (χ1n) is 6.93. The molecule has 0 unspecified atom stereocenters. The van der Waals surface area contributed by atoms with Gasteiger partial charge in [-0.25, -0.2) is 9.97 Å². The van der Waals surface area contributed by atoms with Crippen LogP contribution in [-0.4, -0.2) is 16.5 Å². The monoisotopic (exact) mass is 287 g/mol. The van der Waals surface area contributed by atoms with Gasteiger partial charge in [-0.2, -0.15) is 0 Å². The molecule has 0 saturated heterocycles. The van der Waals surface area contributed by atoms with Crippen molar-refractivity contribution >= 4 is 17.6 Å². The molecule has 1 aromatic heterocycles. The van der Waals surface area contributed by atoms with Crippen LogP contribution in [0.1, 0.15) is 30.3 Å². The maximum absolute atomic E-state index is 4.58. The minimum Gasteiger partial charge on any atom is -0.370 e. The van der Waals surface area contributed by atoms with Crippen LogP contribution in [0.4, 0.5) is 5.82 Å². The van der Waals surface area contributed by atoms with Crippen molar-refractivity contribution in [2.45, 2.75) is 44.0 Å². The molecule has 20 heavy (non-hydrogen) atoms. The predicted molar refractivity (Wildman–Crippen MR) is 85.6 cm³/mol. The normalized spacial score (nSPS) is 10.6. The Kier molecular flexibility index (Phi) is 5.01. The molecule has 1 heterocycles. The van der Waals surface area contributed by atoms with E-state index in [1.54, 1.807) is 11.8 Å². The summed E-state index contributed by atoms with van der Waals surface area (Å²) in [6.45, 7) is 9.22. The fraction of sp³-hybridized carbons (Fsp3) is 0.375. The van der Waals surface area contributed by atoms with Gasteiger partial charge in [0.1, 0.15) is 16.7 Å². The van der Waals surface area contributed by atoms with Crippen molar-refractivity contribution in [2.75, 3.05) is 11.9 Å². The van der Waals surface area contributed by atoms with Crippen LogP contribution in [0.15, 0.2) is 34.2 Å². The summed E-state index contributed by atoms with van der Waals surface area (Å²) in [4.78, 5) is 10.3. The van der Waals surface area contributed by atoms with E-state index in [1.807, 2.05) is 6.92 Å². The topological polar surface area (TPSA) is 37.8 Å². The Labute approximate surface area is 125 Å². The van der Waals surface area contributed by atoms with Crippen LogP contribution >= 0.6 is 11.8 Å². The van der Waals surface area contributed by atoms with Crippen molar-refractivity contribution in [3.63, 3.8) is 0 Å². The quantitative estimate of drug-likeness (QED) is 0.828. The Morgan fingerprint density at radius 2 is 1.95 bits per heavy atom.